The first kappa shape index (κ1) is 14.0. The summed E-state index contributed by atoms with van der Waals surface area (Å²) in [6, 6.07) is 6.90. The number of nitrogens with one attached hydrogen (secondary N) is 2. The minimum Gasteiger partial charge on any atom is -0.348 e. The topological polar surface area (TPSA) is 87.2 Å². The van der Waals surface area contributed by atoms with Gasteiger partial charge in [0.05, 0.1) is 5.56 Å². The van der Waals surface area contributed by atoms with Crippen molar-refractivity contribution in [1.29, 1.82) is 0 Å². The maximum Gasteiger partial charge on any atom is 0.323 e. The highest BCUT2D eigenvalue weighted by Crippen LogP contribution is 2.13. The molecule has 0 aliphatic carbocycles. The summed E-state index contributed by atoms with van der Waals surface area (Å²) in [5.41, 5.74) is 1.38. The maximum absolute atomic E-state index is 11.9. The van der Waals surface area contributed by atoms with Gasteiger partial charge < -0.3 is 10.6 Å². The van der Waals surface area contributed by atoms with Gasteiger partial charge in [0.2, 0.25) is 0 Å². The SMILES string of the molecule is O=C(NCc1ccc(N2CCNC2=O)nc1)c1cccnc1. The monoisotopic (exact) mass is 297 g/mol. The predicted octanol–water partition coefficient (Wildman–Crippen LogP) is 0.936. The molecule has 3 amide bonds. The molecule has 112 valence electrons. The molecule has 7 heteroatoms. The number of carbonyl (C=O) groups is 2. The molecule has 0 radical (unpaired) electrons. The lowest BCUT2D eigenvalue weighted by Gasteiger charge is -2.13. The third-order valence-electron chi connectivity index (χ3n) is 3.32. The average molecular weight is 297 g/mol. The molecule has 1 aliphatic heterocycles. The molecule has 3 rings (SSSR count). The summed E-state index contributed by atoms with van der Waals surface area (Å²) < 4.78 is 0. The fourth-order valence-electron chi connectivity index (χ4n) is 2.15. The minimum absolute atomic E-state index is 0.134. The summed E-state index contributed by atoms with van der Waals surface area (Å²) in [7, 11) is 0. The van der Waals surface area contributed by atoms with E-state index in [1.54, 1.807) is 35.5 Å². The molecule has 2 N–H and O–H groups in total. The lowest BCUT2D eigenvalue weighted by Crippen LogP contribution is -2.28. The van der Waals surface area contributed by atoms with Gasteiger partial charge in [-0.3, -0.25) is 14.7 Å². The van der Waals surface area contributed by atoms with Crippen molar-refractivity contribution >= 4 is 17.8 Å². The van der Waals surface area contributed by atoms with E-state index in [4.69, 9.17) is 0 Å². The van der Waals surface area contributed by atoms with Crippen LogP contribution in [-0.2, 0) is 6.54 Å². The van der Waals surface area contributed by atoms with E-state index in [0.29, 0.717) is 31.0 Å². The van der Waals surface area contributed by atoms with Crippen LogP contribution in [0.5, 0.6) is 0 Å². The van der Waals surface area contributed by atoms with Crippen LogP contribution in [0.4, 0.5) is 10.6 Å². The van der Waals surface area contributed by atoms with Crippen molar-refractivity contribution in [3.63, 3.8) is 0 Å². The molecule has 7 nitrogen and oxygen atoms in total. The number of hydrogen-bond donors (Lipinski definition) is 2. The maximum atomic E-state index is 11.9. The van der Waals surface area contributed by atoms with Gasteiger partial charge in [0.15, 0.2) is 0 Å². The predicted molar refractivity (Wildman–Crippen MR) is 80.4 cm³/mol. The third-order valence-corrected chi connectivity index (χ3v) is 3.32. The van der Waals surface area contributed by atoms with Gasteiger partial charge in [0.25, 0.3) is 5.91 Å². The molecule has 22 heavy (non-hydrogen) atoms. The largest absolute Gasteiger partial charge is 0.348 e. The van der Waals surface area contributed by atoms with Crippen molar-refractivity contribution < 1.29 is 9.59 Å². The molecule has 2 aromatic rings. The summed E-state index contributed by atoms with van der Waals surface area (Å²) in [5.74, 6) is 0.424. The molecule has 1 fully saturated rings. The van der Waals surface area contributed by atoms with Crippen LogP contribution in [0.25, 0.3) is 0 Å². The van der Waals surface area contributed by atoms with Crippen molar-refractivity contribution in [3.8, 4) is 0 Å². The summed E-state index contributed by atoms with van der Waals surface area (Å²) in [6.07, 6.45) is 4.79. The summed E-state index contributed by atoms with van der Waals surface area (Å²) in [5, 5.41) is 5.53. The van der Waals surface area contributed by atoms with Crippen LogP contribution in [0.3, 0.4) is 0 Å². The van der Waals surface area contributed by atoms with Gasteiger partial charge in [-0.25, -0.2) is 9.78 Å². The zero-order valence-electron chi connectivity index (χ0n) is 11.8. The Morgan fingerprint density at radius 3 is 2.86 bits per heavy atom. The quantitative estimate of drug-likeness (QED) is 0.879. The van der Waals surface area contributed by atoms with Crippen LogP contribution in [0.15, 0.2) is 42.9 Å². The van der Waals surface area contributed by atoms with Gasteiger partial charge in [-0.05, 0) is 23.8 Å². The van der Waals surface area contributed by atoms with Gasteiger partial charge in [-0.2, -0.15) is 0 Å². The minimum atomic E-state index is -0.184. The third kappa shape index (κ3) is 3.03. The molecule has 2 aromatic heterocycles. The molecule has 0 bridgehead atoms. The van der Waals surface area contributed by atoms with Crippen molar-refractivity contribution in [3.05, 3.63) is 54.0 Å². The van der Waals surface area contributed by atoms with Gasteiger partial charge in [0.1, 0.15) is 5.82 Å². The number of anilines is 1. The number of amides is 3. The Balaban J connectivity index is 1.59. The first-order chi connectivity index (χ1) is 10.7. The normalized spacial score (nSPS) is 13.8. The number of rotatable bonds is 4. The molecule has 0 spiro atoms. The first-order valence-electron chi connectivity index (χ1n) is 6.92. The summed E-state index contributed by atoms with van der Waals surface area (Å²) in [6.45, 7) is 1.61. The van der Waals surface area contributed by atoms with Gasteiger partial charge >= 0.3 is 6.03 Å². The number of urea groups is 1. The zero-order valence-corrected chi connectivity index (χ0v) is 11.8. The fourth-order valence-corrected chi connectivity index (χ4v) is 2.15. The molecule has 3 heterocycles. The van der Waals surface area contributed by atoms with E-state index in [0.717, 1.165) is 5.56 Å². The second-order valence-corrected chi connectivity index (χ2v) is 4.83. The van der Waals surface area contributed by atoms with E-state index in [1.165, 1.54) is 6.20 Å². The van der Waals surface area contributed by atoms with E-state index in [9.17, 15) is 9.59 Å². The standard InChI is InChI=1S/C15H15N5O2/c21-14(12-2-1-5-16-10-12)19-9-11-3-4-13(18-8-11)20-7-6-17-15(20)22/h1-5,8,10H,6-7,9H2,(H,17,22)(H,19,21). The zero-order chi connectivity index (χ0) is 15.4. The Labute approximate surface area is 127 Å². The van der Waals surface area contributed by atoms with E-state index >= 15 is 0 Å². The highest BCUT2D eigenvalue weighted by Gasteiger charge is 2.21. The second-order valence-electron chi connectivity index (χ2n) is 4.83. The van der Waals surface area contributed by atoms with Gasteiger partial charge in [0, 0.05) is 38.2 Å². The number of aromatic nitrogens is 2. The second kappa shape index (κ2) is 6.21. The van der Waals surface area contributed by atoms with Crippen LogP contribution in [0, 0.1) is 0 Å². The molecule has 1 aliphatic rings. The Hall–Kier alpha value is -2.96. The molecule has 0 atom stereocenters. The number of pyridine rings is 2. The smallest absolute Gasteiger partial charge is 0.323 e. The number of nitrogens with zero attached hydrogens (tertiary/aromatic N) is 3. The van der Waals surface area contributed by atoms with Crippen LogP contribution in [0.2, 0.25) is 0 Å². The van der Waals surface area contributed by atoms with Crippen LogP contribution >= 0.6 is 0 Å². The van der Waals surface area contributed by atoms with Crippen LogP contribution in [0.1, 0.15) is 15.9 Å². The Kier molecular flexibility index (Phi) is 3.95. The summed E-state index contributed by atoms with van der Waals surface area (Å²) in [4.78, 5) is 33.2. The molecule has 1 saturated heterocycles. The van der Waals surface area contributed by atoms with Gasteiger partial charge in [-0.15, -0.1) is 0 Å². The van der Waals surface area contributed by atoms with E-state index < -0.39 is 0 Å². The molecular formula is C15H15N5O2. The van der Waals surface area contributed by atoms with E-state index in [-0.39, 0.29) is 11.9 Å². The van der Waals surface area contributed by atoms with E-state index in [2.05, 4.69) is 20.6 Å². The summed E-state index contributed by atoms with van der Waals surface area (Å²) >= 11 is 0. The van der Waals surface area contributed by atoms with Crippen molar-refractivity contribution in [2.24, 2.45) is 0 Å². The van der Waals surface area contributed by atoms with Crippen molar-refractivity contribution in [2.75, 3.05) is 18.0 Å². The van der Waals surface area contributed by atoms with E-state index in [1.807, 2.05) is 6.07 Å². The Bertz CT molecular complexity index is 672. The molecule has 0 aromatic carbocycles. The van der Waals surface area contributed by atoms with Gasteiger partial charge in [-0.1, -0.05) is 6.07 Å². The highest BCUT2D eigenvalue weighted by molar-refractivity contribution is 5.94. The lowest BCUT2D eigenvalue weighted by atomic mass is 10.2. The Morgan fingerprint density at radius 1 is 1.32 bits per heavy atom. The van der Waals surface area contributed by atoms with Crippen LogP contribution < -0.4 is 15.5 Å². The lowest BCUT2D eigenvalue weighted by molar-refractivity contribution is 0.0950. The van der Waals surface area contributed by atoms with Crippen molar-refractivity contribution in [1.82, 2.24) is 20.6 Å². The number of carbonyl (C=O) groups excluding carboxylic acids is 2. The van der Waals surface area contributed by atoms with Crippen molar-refractivity contribution in [2.45, 2.75) is 6.54 Å². The highest BCUT2D eigenvalue weighted by atomic mass is 16.2. The molecular weight excluding hydrogens is 282 g/mol. The van der Waals surface area contributed by atoms with Crippen LogP contribution in [-0.4, -0.2) is 35.0 Å². The number of hydrogen-bond acceptors (Lipinski definition) is 4. The fraction of sp³-hybridized carbons (Fsp3) is 0.200. The Morgan fingerprint density at radius 2 is 2.23 bits per heavy atom. The average Bonchev–Trinajstić information content (AvgIpc) is 3.00. The first-order valence-corrected chi connectivity index (χ1v) is 6.92. The molecule has 0 unspecified atom stereocenters. The molecule has 0 saturated carbocycles.